The summed E-state index contributed by atoms with van der Waals surface area (Å²) >= 11 is 0. The fraction of sp³-hybridized carbons (Fsp3) is 0. The lowest BCUT2D eigenvalue weighted by molar-refractivity contribution is 1.18. The van der Waals surface area contributed by atoms with Gasteiger partial charge in [-0.25, -0.2) is 0 Å². The summed E-state index contributed by atoms with van der Waals surface area (Å²) in [6, 6.07) is 71.4. The lowest BCUT2D eigenvalue weighted by atomic mass is 9.83. The maximum atomic E-state index is 4.64. The van der Waals surface area contributed by atoms with Gasteiger partial charge in [-0.05, 0) is 118 Å². The van der Waals surface area contributed by atoms with Gasteiger partial charge in [0.05, 0.1) is 11.0 Å². The monoisotopic (exact) mass is 722 g/mol. The molecule has 0 saturated heterocycles. The summed E-state index contributed by atoms with van der Waals surface area (Å²) in [5, 5.41) is 14.7. The van der Waals surface area contributed by atoms with Crippen molar-refractivity contribution in [1.82, 2.24) is 9.55 Å². The molecule has 0 aliphatic rings. The summed E-state index contributed by atoms with van der Waals surface area (Å²) in [5.74, 6) is 0. The van der Waals surface area contributed by atoms with Gasteiger partial charge in [-0.15, -0.1) is 0 Å². The van der Waals surface area contributed by atoms with Gasteiger partial charge in [0.15, 0.2) is 0 Å². The van der Waals surface area contributed by atoms with Crippen LogP contribution < -0.4 is 0 Å². The van der Waals surface area contributed by atoms with Crippen molar-refractivity contribution in [2.75, 3.05) is 0 Å². The molecule has 12 aromatic rings. The third-order valence-electron chi connectivity index (χ3n) is 12.0. The Morgan fingerprint density at radius 1 is 0.333 bits per heavy atom. The topological polar surface area (TPSA) is 17.8 Å². The maximum absolute atomic E-state index is 4.64. The number of benzene rings is 10. The maximum Gasteiger partial charge on any atom is 0.0620 e. The van der Waals surface area contributed by atoms with Gasteiger partial charge in [0.1, 0.15) is 0 Å². The number of hydrogen-bond donors (Lipinski definition) is 0. The molecule has 0 aliphatic carbocycles. The Hall–Kier alpha value is -7.55. The average molecular weight is 723 g/mol. The molecule has 2 heteroatoms. The minimum atomic E-state index is 1.14. The normalized spacial score (nSPS) is 11.9. The molecule has 0 saturated carbocycles. The fourth-order valence-corrected chi connectivity index (χ4v) is 9.54. The highest BCUT2D eigenvalue weighted by atomic mass is 15.0. The predicted octanol–water partition coefficient (Wildman–Crippen LogP) is 14.9. The Balaban J connectivity index is 1.22. The molecule has 0 unspecified atom stereocenters. The van der Waals surface area contributed by atoms with Gasteiger partial charge in [-0.2, -0.15) is 0 Å². The molecule has 57 heavy (non-hydrogen) atoms. The van der Waals surface area contributed by atoms with Crippen LogP contribution in [0.15, 0.2) is 207 Å². The van der Waals surface area contributed by atoms with E-state index in [2.05, 4.69) is 204 Å². The number of para-hydroxylation sites is 1. The van der Waals surface area contributed by atoms with Gasteiger partial charge in [-0.1, -0.05) is 158 Å². The van der Waals surface area contributed by atoms with Crippen molar-refractivity contribution in [3.05, 3.63) is 207 Å². The van der Waals surface area contributed by atoms with Gasteiger partial charge in [-0.3, -0.25) is 4.98 Å². The smallest absolute Gasteiger partial charge is 0.0620 e. The van der Waals surface area contributed by atoms with Gasteiger partial charge < -0.3 is 4.57 Å². The van der Waals surface area contributed by atoms with E-state index >= 15 is 0 Å². The highest BCUT2D eigenvalue weighted by Gasteiger charge is 2.22. The summed E-state index contributed by atoms with van der Waals surface area (Å²) in [6.45, 7) is 0. The van der Waals surface area contributed by atoms with Gasteiger partial charge in [0.25, 0.3) is 0 Å². The third-order valence-corrected chi connectivity index (χ3v) is 12.0. The molecule has 264 valence electrons. The van der Waals surface area contributed by atoms with Crippen LogP contribution in [0.4, 0.5) is 0 Å². The molecule has 0 fully saturated rings. The van der Waals surface area contributed by atoms with Crippen molar-refractivity contribution in [3.63, 3.8) is 0 Å². The lowest BCUT2D eigenvalue weighted by Gasteiger charge is -2.20. The van der Waals surface area contributed by atoms with Crippen LogP contribution >= 0.6 is 0 Å². The zero-order valence-electron chi connectivity index (χ0n) is 31.0. The number of aromatic nitrogens is 2. The highest BCUT2D eigenvalue weighted by molar-refractivity contribution is 6.26. The van der Waals surface area contributed by atoms with E-state index in [-0.39, 0.29) is 0 Å². The van der Waals surface area contributed by atoms with E-state index in [0.29, 0.717) is 0 Å². The quantitative estimate of drug-likeness (QED) is 0.165. The van der Waals surface area contributed by atoms with Crippen LogP contribution in [0.2, 0.25) is 0 Å². The van der Waals surface area contributed by atoms with Gasteiger partial charge in [0.2, 0.25) is 0 Å². The molecule has 0 N–H and O–H groups in total. The van der Waals surface area contributed by atoms with E-state index in [9.17, 15) is 0 Å². The molecule has 0 amide bonds. The second-order valence-corrected chi connectivity index (χ2v) is 15.1. The Morgan fingerprint density at radius 2 is 0.982 bits per heavy atom. The van der Waals surface area contributed by atoms with Crippen LogP contribution in [-0.2, 0) is 0 Å². The van der Waals surface area contributed by atoms with Crippen molar-refractivity contribution in [2.24, 2.45) is 0 Å². The van der Waals surface area contributed by atoms with Crippen LogP contribution in [-0.4, -0.2) is 9.55 Å². The zero-order chi connectivity index (χ0) is 37.5. The molecule has 2 heterocycles. The summed E-state index contributed by atoms with van der Waals surface area (Å²) in [6.07, 6.45) is 3.93. The summed E-state index contributed by atoms with van der Waals surface area (Å²) in [4.78, 5) is 4.64. The first-order chi connectivity index (χ1) is 28.3. The van der Waals surface area contributed by atoms with E-state index in [1.165, 1.54) is 98.1 Å². The molecule has 0 spiro atoms. The Morgan fingerprint density at radius 3 is 1.82 bits per heavy atom. The Kier molecular flexibility index (Phi) is 6.96. The standard InChI is InChI=1S/C55H34N2/c1-2-17-40(18-3-1)57-52-29-30-56-34-51(52)50-33-48(42-20-8-11-23-47(42)55(50)57)38-27-28-46-49(32-38)54(43-24-12-16-36-14-6-7-19-41(36)43)45-22-10-9-21-44(45)53(46)39-26-25-35-13-4-5-15-37(35)31-39/h1-34H. The molecule has 2 nitrogen and oxygen atoms in total. The molecular weight excluding hydrogens is 689 g/mol. The molecule has 10 aromatic carbocycles. The summed E-state index contributed by atoms with van der Waals surface area (Å²) in [7, 11) is 0. The number of rotatable bonds is 4. The number of fused-ring (bicyclic) bond motifs is 9. The van der Waals surface area contributed by atoms with Crippen molar-refractivity contribution in [3.8, 4) is 39.1 Å². The number of nitrogens with zero attached hydrogens (tertiary/aromatic N) is 2. The van der Waals surface area contributed by atoms with E-state index in [4.69, 9.17) is 0 Å². The van der Waals surface area contributed by atoms with Crippen LogP contribution in [0, 0.1) is 0 Å². The Bertz CT molecular complexity index is 3570. The molecule has 2 aromatic heterocycles. The second kappa shape index (κ2) is 12.5. The Labute approximate surface area is 329 Å². The lowest BCUT2D eigenvalue weighted by Crippen LogP contribution is -1.95. The molecule has 0 bridgehead atoms. The summed E-state index contributed by atoms with van der Waals surface area (Å²) < 4.78 is 2.40. The SMILES string of the molecule is c1ccc(-n2c3ccncc3c3cc(-c4ccc5c(-c6ccc7ccccc7c6)c6ccccc6c(-c6cccc7ccccc67)c5c4)c4ccccc4c32)cc1. The van der Waals surface area contributed by atoms with Crippen molar-refractivity contribution >= 4 is 75.7 Å². The van der Waals surface area contributed by atoms with Crippen molar-refractivity contribution in [2.45, 2.75) is 0 Å². The molecular formula is C55H34N2. The first kappa shape index (κ1) is 31.8. The van der Waals surface area contributed by atoms with Crippen LogP contribution in [0.3, 0.4) is 0 Å². The number of pyridine rings is 1. The minimum absolute atomic E-state index is 1.14. The number of hydrogen-bond acceptors (Lipinski definition) is 1. The van der Waals surface area contributed by atoms with E-state index in [1.807, 2.05) is 12.4 Å². The third kappa shape index (κ3) is 4.81. The minimum Gasteiger partial charge on any atom is -0.309 e. The van der Waals surface area contributed by atoms with Crippen molar-refractivity contribution < 1.29 is 0 Å². The molecule has 0 aliphatic heterocycles. The van der Waals surface area contributed by atoms with E-state index in [0.717, 1.165) is 16.6 Å². The van der Waals surface area contributed by atoms with E-state index in [1.54, 1.807) is 0 Å². The largest absolute Gasteiger partial charge is 0.309 e. The molecule has 0 atom stereocenters. The predicted molar refractivity (Wildman–Crippen MR) is 242 cm³/mol. The van der Waals surface area contributed by atoms with E-state index < -0.39 is 0 Å². The van der Waals surface area contributed by atoms with Crippen LogP contribution in [0.5, 0.6) is 0 Å². The zero-order valence-corrected chi connectivity index (χ0v) is 31.0. The average Bonchev–Trinajstić information content (AvgIpc) is 3.62. The van der Waals surface area contributed by atoms with Gasteiger partial charge >= 0.3 is 0 Å². The summed E-state index contributed by atoms with van der Waals surface area (Å²) in [5.41, 5.74) is 10.9. The second-order valence-electron chi connectivity index (χ2n) is 15.1. The van der Waals surface area contributed by atoms with Crippen molar-refractivity contribution in [1.29, 1.82) is 0 Å². The molecule has 12 rings (SSSR count). The fourth-order valence-electron chi connectivity index (χ4n) is 9.54. The van der Waals surface area contributed by atoms with Crippen LogP contribution in [0.1, 0.15) is 0 Å². The highest BCUT2D eigenvalue weighted by Crippen LogP contribution is 2.48. The molecule has 0 radical (unpaired) electrons. The first-order valence-corrected chi connectivity index (χ1v) is 19.6. The first-order valence-electron chi connectivity index (χ1n) is 19.6. The van der Waals surface area contributed by atoms with Crippen LogP contribution in [0.25, 0.3) is 115 Å². The van der Waals surface area contributed by atoms with Gasteiger partial charge in [0, 0.05) is 34.2 Å².